The number of amides is 1. The molecule has 1 unspecified atom stereocenters. The molecule has 1 amide bonds. The quantitative estimate of drug-likeness (QED) is 0.928. The highest BCUT2D eigenvalue weighted by molar-refractivity contribution is 5.94. The van der Waals surface area contributed by atoms with E-state index >= 15 is 0 Å². The third-order valence-corrected chi connectivity index (χ3v) is 4.52. The Balaban J connectivity index is 1.57. The van der Waals surface area contributed by atoms with E-state index in [4.69, 9.17) is 9.47 Å². The van der Waals surface area contributed by atoms with Gasteiger partial charge in [-0.1, -0.05) is 6.92 Å². The molecule has 1 aliphatic carbocycles. The van der Waals surface area contributed by atoms with Crippen LogP contribution >= 0.6 is 0 Å². The minimum absolute atomic E-state index is 0.0329. The second-order valence-electron chi connectivity index (χ2n) is 6.42. The highest BCUT2D eigenvalue weighted by Crippen LogP contribution is 2.24. The first-order valence-electron chi connectivity index (χ1n) is 8.22. The lowest BCUT2D eigenvalue weighted by Crippen LogP contribution is -2.37. The molecule has 2 heterocycles. The fourth-order valence-corrected chi connectivity index (χ4v) is 3.06. The van der Waals surface area contributed by atoms with E-state index in [0.29, 0.717) is 24.1 Å². The van der Waals surface area contributed by atoms with Crippen LogP contribution in [-0.4, -0.2) is 36.3 Å². The lowest BCUT2D eigenvalue weighted by Gasteiger charge is -2.26. The van der Waals surface area contributed by atoms with Gasteiger partial charge in [0.1, 0.15) is 6.10 Å². The van der Waals surface area contributed by atoms with Gasteiger partial charge in [0.25, 0.3) is 5.91 Å². The second kappa shape index (κ2) is 7.09. The number of aromatic nitrogens is 1. The summed E-state index contributed by atoms with van der Waals surface area (Å²) < 4.78 is 11.0. The zero-order valence-electron chi connectivity index (χ0n) is 13.1. The number of rotatable bonds is 4. The van der Waals surface area contributed by atoms with Crippen LogP contribution in [0.4, 0.5) is 0 Å². The summed E-state index contributed by atoms with van der Waals surface area (Å²) in [6, 6.07) is 3.75. The van der Waals surface area contributed by atoms with Crippen LogP contribution in [0.2, 0.25) is 0 Å². The third kappa shape index (κ3) is 3.97. The van der Waals surface area contributed by atoms with Gasteiger partial charge in [-0.25, -0.2) is 4.98 Å². The summed E-state index contributed by atoms with van der Waals surface area (Å²) in [6.07, 6.45) is 7.07. The maximum atomic E-state index is 12.4. The molecule has 1 aliphatic heterocycles. The molecule has 0 bridgehead atoms. The molecule has 2 aliphatic rings. The zero-order chi connectivity index (χ0) is 15.4. The van der Waals surface area contributed by atoms with Crippen molar-refractivity contribution in [2.75, 3.05) is 13.2 Å². The van der Waals surface area contributed by atoms with Crippen LogP contribution in [0.3, 0.4) is 0 Å². The number of nitrogens with zero attached hydrogens (tertiary/aromatic N) is 1. The smallest absolute Gasteiger partial charge is 0.251 e. The van der Waals surface area contributed by atoms with E-state index in [0.717, 1.165) is 31.8 Å². The molecule has 0 spiro atoms. The summed E-state index contributed by atoms with van der Waals surface area (Å²) >= 11 is 0. The van der Waals surface area contributed by atoms with Crippen molar-refractivity contribution in [3.63, 3.8) is 0 Å². The maximum Gasteiger partial charge on any atom is 0.251 e. The molecule has 1 N–H and O–H groups in total. The van der Waals surface area contributed by atoms with Crippen molar-refractivity contribution < 1.29 is 14.3 Å². The van der Waals surface area contributed by atoms with E-state index in [2.05, 4.69) is 17.2 Å². The third-order valence-electron chi connectivity index (χ3n) is 4.52. The lowest BCUT2D eigenvalue weighted by atomic mass is 9.87. The molecule has 22 heavy (non-hydrogen) atoms. The normalized spacial score (nSPS) is 28.3. The molecular formula is C17H24N2O3. The SMILES string of the molecule is CC1CCC(NC(=O)c2ccnc(OC3CCOC3)c2)CC1. The summed E-state index contributed by atoms with van der Waals surface area (Å²) in [5.41, 5.74) is 0.613. The fraction of sp³-hybridized carbons (Fsp3) is 0.647. The Bertz CT molecular complexity index is 506. The molecule has 1 aromatic heterocycles. The summed E-state index contributed by atoms with van der Waals surface area (Å²) in [6.45, 7) is 3.60. The minimum Gasteiger partial charge on any atom is -0.472 e. The van der Waals surface area contributed by atoms with E-state index < -0.39 is 0 Å². The average molecular weight is 304 g/mol. The molecule has 5 nitrogen and oxygen atoms in total. The van der Waals surface area contributed by atoms with Crippen LogP contribution in [0, 0.1) is 5.92 Å². The monoisotopic (exact) mass is 304 g/mol. The second-order valence-corrected chi connectivity index (χ2v) is 6.42. The minimum atomic E-state index is -0.0329. The molecule has 1 saturated heterocycles. The number of carbonyl (C=O) groups excluding carboxylic acids is 1. The summed E-state index contributed by atoms with van der Waals surface area (Å²) in [5.74, 6) is 1.25. The number of hydrogen-bond donors (Lipinski definition) is 1. The molecule has 1 aromatic rings. The first-order valence-corrected chi connectivity index (χ1v) is 8.22. The molecule has 0 radical (unpaired) electrons. The van der Waals surface area contributed by atoms with E-state index in [-0.39, 0.29) is 12.0 Å². The van der Waals surface area contributed by atoms with E-state index in [1.54, 1.807) is 18.3 Å². The lowest BCUT2D eigenvalue weighted by molar-refractivity contribution is 0.0921. The van der Waals surface area contributed by atoms with Crippen LogP contribution in [0.25, 0.3) is 0 Å². The van der Waals surface area contributed by atoms with Crippen LogP contribution in [-0.2, 0) is 4.74 Å². The topological polar surface area (TPSA) is 60.5 Å². The zero-order valence-corrected chi connectivity index (χ0v) is 13.1. The number of pyridine rings is 1. The van der Waals surface area contributed by atoms with E-state index in [9.17, 15) is 4.79 Å². The van der Waals surface area contributed by atoms with Gasteiger partial charge < -0.3 is 14.8 Å². The van der Waals surface area contributed by atoms with E-state index in [1.165, 1.54) is 12.8 Å². The van der Waals surface area contributed by atoms with Gasteiger partial charge in [0.05, 0.1) is 13.2 Å². The molecule has 3 rings (SSSR count). The first kappa shape index (κ1) is 15.3. The van der Waals surface area contributed by atoms with Crippen LogP contribution in [0.15, 0.2) is 18.3 Å². The Morgan fingerprint density at radius 2 is 2.14 bits per heavy atom. The predicted octanol–water partition coefficient (Wildman–Crippen LogP) is 2.56. The Morgan fingerprint density at radius 1 is 1.32 bits per heavy atom. The number of hydrogen-bond acceptors (Lipinski definition) is 4. The fourth-order valence-electron chi connectivity index (χ4n) is 3.06. The van der Waals surface area contributed by atoms with Gasteiger partial charge in [-0.3, -0.25) is 4.79 Å². The predicted molar refractivity (Wildman–Crippen MR) is 83.0 cm³/mol. The van der Waals surface area contributed by atoms with Crippen LogP contribution in [0.1, 0.15) is 49.4 Å². The Hall–Kier alpha value is -1.62. The summed E-state index contributed by atoms with van der Waals surface area (Å²) in [5, 5.41) is 3.13. The van der Waals surface area contributed by atoms with Gasteiger partial charge in [0.15, 0.2) is 0 Å². The number of carbonyl (C=O) groups is 1. The van der Waals surface area contributed by atoms with Gasteiger partial charge in [-0.2, -0.15) is 0 Å². The Kier molecular flexibility index (Phi) is 4.93. The van der Waals surface area contributed by atoms with Crippen molar-refractivity contribution in [1.82, 2.24) is 10.3 Å². The van der Waals surface area contributed by atoms with Gasteiger partial charge >= 0.3 is 0 Å². The standard InChI is InChI=1S/C17H24N2O3/c1-12-2-4-14(5-3-12)19-17(20)13-6-8-18-16(10-13)22-15-7-9-21-11-15/h6,8,10,12,14-15H,2-5,7,9,11H2,1H3,(H,19,20). The molecule has 0 aromatic carbocycles. The summed E-state index contributed by atoms with van der Waals surface area (Å²) in [7, 11) is 0. The largest absolute Gasteiger partial charge is 0.472 e. The molecule has 1 saturated carbocycles. The number of ether oxygens (including phenoxy) is 2. The van der Waals surface area contributed by atoms with Gasteiger partial charge in [0, 0.05) is 30.3 Å². The maximum absolute atomic E-state index is 12.4. The molecular weight excluding hydrogens is 280 g/mol. The van der Waals surface area contributed by atoms with Crippen LogP contribution < -0.4 is 10.1 Å². The van der Waals surface area contributed by atoms with Crippen molar-refractivity contribution in [1.29, 1.82) is 0 Å². The summed E-state index contributed by atoms with van der Waals surface area (Å²) in [4.78, 5) is 16.5. The average Bonchev–Trinajstić information content (AvgIpc) is 3.03. The molecule has 2 fully saturated rings. The highest BCUT2D eigenvalue weighted by atomic mass is 16.5. The van der Waals surface area contributed by atoms with Gasteiger partial charge in [-0.15, -0.1) is 0 Å². The van der Waals surface area contributed by atoms with Gasteiger partial charge in [0.2, 0.25) is 5.88 Å². The van der Waals surface area contributed by atoms with Crippen molar-refractivity contribution >= 4 is 5.91 Å². The highest BCUT2D eigenvalue weighted by Gasteiger charge is 2.21. The van der Waals surface area contributed by atoms with Gasteiger partial charge in [-0.05, 0) is 37.7 Å². The molecule has 1 atom stereocenters. The van der Waals surface area contributed by atoms with Crippen molar-refractivity contribution in [2.24, 2.45) is 5.92 Å². The van der Waals surface area contributed by atoms with Crippen LogP contribution in [0.5, 0.6) is 5.88 Å². The molecule has 120 valence electrons. The Labute approximate surface area is 131 Å². The van der Waals surface area contributed by atoms with E-state index in [1.807, 2.05) is 0 Å². The first-order chi connectivity index (χ1) is 10.7. The number of nitrogens with one attached hydrogen (secondary N) is 1. The van der Waals surface area contributed by atoms with Crippen molar-refractivity contribution in [3.8, 4) is 5.88 Å². The Morgan fingerprint density at radius 3 is 2.86 bits per heavy atom. The van der Waals surface area contributed by atoms with Crippen molar-refractivity contribution in [3.05, 3.63) is 23.9 Å². The van der Waals surface area contributed by atoms with Crippen molar-refractivity contribution in [2.45, 2.75) is 51.2 Å². The molecule has 5 heteroatoms.